The summed E-state index contributed by atoms with van der Waals surface area (Å²) in [5.41, 5.74) is 1.17. The number of likely N-dealkylation sites (tertiary alicyclic amines) is 1. The van der Waals surface area contributed by atoms with Crippen LogP contribution in [-0.4, -0.2) is 67.4 Å². The normalized spacial score (nSPS) is 21.5. The van der Waals surface area contributed by atoms with E-state index in [2.05, 4.69) is 24.8 Å². The first kappa shape index (κ1) is 16.7. The van der Waals surface area contributed by atoms with Crippen molar-refractivity contribution in [2.24, 2.45) is 5.92 Å². The molecule has 136 valence electrons. The highest BCUT2D eigenvalue weighted by Crippen LogP contribution is 2.33. The van der Waals surface area contributed by atoms with Crippen LogP contribution < -0.4 is 9.47 Å². The van der Waals surface area contributed by atoms with Crippen molar-refractivity contribution >= 4 is 5.91 Å². The van der Waals surface area contributed by atoms with E-state index in [9.17, 15) is 4.79 Å². The maximum Gasteiger partial charge on any atom is 0.231 e. The fourth-order valence-electron chi connectivity index (χ4n) is 3.84. The van der Waals surface area contributed by atoms with Gasteiger partial charge in [0.15, 0.2) is 11.5 Å². The Morgan fingerprint density at radius 2 is 2.04 bits per heavy atom. The van der Waals surface area contributed by atoms with Gasteiger partial charge in [-0.1, -0.05) is 6.07 Å². The summed E-state index contributed by atoms with van der Waals surface area (Å²) in [6.07, 6.45) is 0.823. The number of ether oxygens (including phenoxy) is 3. The molecule has 2 fully saturated rings. The molecule has 6 nitrogen and oxygen atoms in total. The van der Waals surface area contributed by atoms with Crippen molar-refractivity contribution in [1.29, 1.82) is 0 Å². The van der Waals surface area contributed by atoms with Gasteiger partial charge in [0.25, 0.3) is 0 Å². The Morgan fingerprint density at radius 3 is 2.72 bits per heavy atom. The highest BCUT2D eigenvalue weighted by molar-refractivity contribution is 5.80. The molecule has 1 amide bonds. The number of likely N-dealkylation sites (N-methyl/N-ethyl adjacent to an activating group) is 1. The molecule has 0 radical (unpaired) electrons. The topological polar surface area (TPSA) is 51.2 Å². The van der Waals surface area contributed by atoms with Crippen LogP contribution in [0.5, 0.6) is 11.5 Å². The quantitative estimate of drug-likeness (QED) is 0.782. The zero-order chi connectivity index (χ0) is 17.4. The van der Waals surface area contributed by atoms with E-state index >= 15 is 0 Å². The van der Waals surface area contributed by atoms with E-state index in [4.69, 9.17) is 14.2 Å². The molecule has 3 heterocycles. The van der Waals surface area contributed by atoms with Gasteiger partial charge in [-0.15, -0.1) is 0 Å². The van der Waals surface area contributed by atoms with Crippen LogP contribution >= 0.6 is 0 Å². The van der Waals surface area contributed by atoms with Crippen molar-refractivity contribution in [2.75, 3.05) is 39.6 Å². The number of hydrogen-bond acceptors (Lipinski definition) is 5. The molecule has 6 heteroatoms. The molecule has 3 aliphatic rings. The number of carbonyl (C=O) groups is 1. The van der Waals surface area contributed by atoms with E-state index in [-0.39, 0.29) is 24.7 Å². The minimum Gasteiger partial charge on any atom is -0.454 e. The zero-order valence-electron chi connectivity index (χ0n) is 14.9. The molecule has 3 aliphatic heterocycles. The highest BCUT2D eigenvalue weighted by Gasteiger charge is 2.41. The summed E-state index contributed by atoms with van der Waals surface area (Å²) in [6.45, 7) is 8.61. The lowest BCUT2D eigenvalue weighted by molar-refractivity contribution is -0.151. The van der Waals surface area contributed by atoms with Crippen LogP contribution in [0.4, 0.5) is 0 Å². The maximum absolute atomic E-state index is 12.9. The second-order valence-corrected chi connectivity index (χ2v) is 7.21. The van der Waals surface area contributed by atoms with Crippen molar-refractivity contribution in [3.8, 4) is 11.5 Å². The van der Waals surface area contributed by atoms with Crippen molar-refractivity contribution in [1.82, 2.24) is 9.80 Å². The lowest BCUT2D eigenvalue weighted by atomic mass is 9.94. The minimum absolute atomic E-state index is 0.139. The second-order valence-electron chi connectivity index (χ2n) is 7.21. The van der Waals surface area contributed by atoms with E-state index in [1.165, 1.54) is 5.56 Å². The smallest absolute Gasteiger partial charge is 0.231 e. The van der Waals surface area contributed by atoms with Crippen LogP contribution in [0.3, 0.4) is 0 Å². The SMILES string of the molecule is CCN(C(=O)C1CN(C2COC2)C1)C(C)Cc1ccc2c(c1)OCO2. The molecule has 2 saturated heterocycles. The van der Waals surface area contributed by atoms with Crippen molar-refractivity contribution < 1.29 is 19.0 Å². The van der Waals surface area contributed by atoms with Crippen LogP contribution in [0, 0.1) is 5.92 Å². The Morgan fingerprint density at radius 1 is 1.28 bits per heavy atom. The number of rotatable bonds is 6. The molecule has 0 saturated carbocycles. The molecular formula is C19H26N2O4. The lowest BCUT2D eigenvalue weighted by Gasteiger charge is -2.48. The summed E-state index contributed by atoms with van der Waals surface area (Å²) in [4.78, 5) is 17.3. The lowest BCUT2D eigenvalue weighted by Crippen LogP contribution is -2.63. The number of fused-ring (bicyclic) bond motifs is 1. The fraction of sp³-hybridized carbons (Fsp3) is 0.632. The number of amides is 1. The molecule has 1 aromatic carbocycles. The molecule has 1 atom stereocenters. The van der Waals surface area contributed by atoms with Crippen LogP contribution in [0.15, 0.2) is 18.2 Å². The molecule has 1 unspecified atom stereocenters. The molecule has 0 spiro atoms. The van der Waals surface area contributed by atoms with Gasteiger partial charge in [-0.3, -0.25) is 9.69 Å². The minimum atomic E-state index is 0.139. The summed E-state index contributed by atoms with van der Waals surface area (Å²) < 4.78 is 16.0. The number of nitrogens with zero attached hydrogens (tertiary/aromatic N) is 2. The van der Waals surface area contributed by atoms with Gasteiger partial charge in [0.2, 0.25) is 12.7 Å². The second kappa shape index (κ2) is 6.84. The Labute approximate surface area is 148 Å². The number of carbonyl (C=O) groups excluding carboxylic acids is 1. The van der Waals surface area contributed by atoms with Gasteiger partial charge in [0.05, 0.1) is 25.2 Å². The molecule has 0 aliphatic carbocycles. The average molecular weight is 346 g/mol. The van der Waals surface area contributed by atoms with Gasteiger partial charge < -0.3 is 19.1 Å². The fourth-order valence-corrected chi connectivity index (χ4v) is 3.84. The third kappa shape index (κ3) is 3.20. The van der Waals surface area contributed by atoms with E-state index in [1.807, 2.05) is 17.0 Å². The van der Waals surface area contributed by atoms with Gasteiger partial charge in [-0.2, -0.15) is 0 Å². The Balaban J connectivity index is 1.34. The van der Waals surface area contributed by atoms with Gasteiger partial charge >= 0.3 is 0 Å². The third-order valence-corrected chi connectivity index (χ3v) is 5.52. The van der Waals surface area contributed by atoms with Crippen LogP contribution in [0.1, 0.15) is 19.4 Å². The van der Waals surface area contributed by atoms with Crippen molar-refractivity contribution in [3.63, 3.8) is 0 Å². The summed E-state index contributed by atoms with van der Waals surface area (Å²) >= 11 is 0. The first-order chi connectivity index (χ1) is 12.2. The number of hydrogen-bond donors (Lipinski definition) is 0. The van der Waals surface area contributed by atoms with Gasteiger partial charge in [0.1, 0.15) is 0 Å². The molecule has 0 aromatic heterocycles. The first-order valence-electron chi connectivity index (χ1n) is 9.16. The summed E-state index contributed by atoms with van der Waals surface area (Å²) in [7, 11) is 0. The summed E-state index contributed by atoms with van der Waals surface area (Å²) in [5.74, 6) is 2.03. The van der Waals surface area contributed by atoms with Crippen LogP contribution in [0.2, 0.25) is 0 Å². The van der Waals surface area contributed by atoms with Gasteiger partial charge in [0, 0.05) is 25.7 Å². The van der Waals surface area contributed by atoms with E-state index in [1.54, 1.807) is 0 Å². The number of benzene rings is 1. The summed E-state index contributed by atoms with van der Waals surface area (Å²) in [5, 5.41) is 0. The first-order valence-corrected chi connectivity index (χ1v) is 9.16. The highest BCUT2D eigenvalue weighted by atomic mass is 16.7. The van der Waals surface area contributed by atoms with Gasteiger partial charge in [-0.25, -0.2) is 0 Å². The molecule has 0 bridgehead atoms. The Kier molecular flexibility index (Phi) is 4.56. The Bertz CT molecular complexity index is 640. The van der Waals surface area contributed by atoms with Crippen LogP contribution in [0.25, 0.3) is 0 Å². The predicted octanol–water partition coefficient (Wildman–Crippen LogP) is 1.53. The standard InChI is InChI=1S/C19H26N2O4/c1-3-21(19(22)15-8-20(9-15)16-10-23-11-16)13(2)6-14-4-5-17-18(7-14)25-12-24-17/h4-5,7,13,15-16H,3,6,8-12H2,1-2H3. The molecule has 0 N–H and O–H groups in total. The monoisotopic (exact) mass is 346 g/mol. The maximum atomic E-state index is 12.9. The summed E-state index contributed by atoms with van der Waals surface area (Å²) in [6, 6.07) is 6.74. The predicted molar refractivity (Wildman–Crippen MR) is 92.8 cm³/mol. The van der Waals surface area contributed by atoms with E-state index in [0.717, 1.165) is 50.8 Å². The van der Waals surface area contributed by atoms with Crippen molar-refractivity contribution in [2.45, 2.75) is 32.4 Å². The average Bonchev–Trinajstić information content (AvgIpc) is 2.96. The van der Waals surface area contributed by atoms with Crippen LogP contribution in [-0.2, 0) is 16.0 Å². The molecule has 4 rings (SSSR count). The molecule has 25 heavy (non-hydrogen) atoms. The molecular weight excluding hydrogens is 320 g/mol. The largest absolute Gasteiger partial charge is 0.454 e. The van der Waals surface area contributed by atoms with E-state index in [0.29, 0.717) is 6.04 Å². The third-order valence-electron chi connectivity index (χ3n) is 5.52. The van der Waals surface area contributed by atoms with Crippen molar-refractivity contribution in [3.05, 3.63) is 23.8 Å². The molecule has 1 aromatic rings. The van der Waals surface area contributed by atoms with Gasteiger partial charge in [-0.05, 0) is 38.0 Å². The van der Waals surface area contributed by atoms with E-state index < -0.39 is 0 Å². The zero-order valence-corrected chi connectivity index (χ0v) is 14.9. The Hall–Kier alpha value is -1.79.